The highest BCUT2D eigenvalue weighted by molar-refractivity contribution is 6.35. The topological polar surface area (TPSA) is 43.6 Å². The van der Waals surface area contributed by atoms with E-state index in [4.69, 9.17) is 11.6 Å². The first-order valence-corrected chi connectivity index (χ1v) is 7.17. The number of aromatic nitrogens is 4. The van der Waals surface area contributed by atoms with Gasteiger partial charge in [0.2, 0.25) is 0 Å². The molecule has 21 heavy (non-hydrogen) atoms. The van der Waals surface area contributed by atoms with Crippen LogP contribution in [-0.2, 0) is 0 Å². The SMILES string of the molecule is CC(C)n1nc(-c2ccccn2)c(Cl)c1-c1ccccn1. The average Bonchev–Trinajstić information content (AvgIpc) is 2.87. The summed E-state index contributed by atoms with van der Waals surface area (Å²) in [7, 11) is 0. The van der Waals surface area contributed by atoms with Crippen molar-refractivity contribution in [3.8, 4) is 22.8 Å². The van der Waals surface area contributed by atoms with Gasteiger partial charge in [0.15, 0.2) is 0 Å². The van der Waals surface area contributed by atoms with E-state index in [0.29, 0.717) is 10.7 Å². The largest absolute Gasteiger partial charge is 0.259 e. The fourth-order valence-electron chi connectivity index (χ4n) is 2.19. The van der Waals surface area contributed by atoms with Crippen LogP contribution in [-0.4, -0.2) is 19.7 Å². The van der Waals surface area contributed by atoms with Gasteiger partial charge in [-0.2, -0.15) is 5.10 Å². The zero-order chi connectivity index (χ0) is 14.8. The lowest BCUT2D eigenvalue weighted by atomic mass is 10.2. The second-order valence-corrected chi connectivity index (χ2v) is 5.36. The minimum absolute atomic E-state index is 0.178. The lowest BCUT2D eigenvalue weighted by Crippen LogP contribution is -2.05. The Kier molecular flexibility index (Phi) is 3.71. The van der Waals surface area contributed by atoms with Crippen molar-refractivity contribution in [1.29, 1.82) is 0 Å². The van der Waals surface area contributed by atoms with E-state index in [1.807, 2.05) is 41.1 Å². The van der Waals surface area contributed by atoms with Gasteiger partial charge in [0.1, 0.15) is 11.4 Å². The van der Waals surface area contributed by atoms with Crippen molar-refractivity contribution in [3.63, 3.8) is 0 Å². The maximum absolute atomic E-state index is 6.58. The molecule has 0 amide bonds. The van der Waals surface area contributed by atoms with Crippen LogP contribution in [0.2, 0.25) is 5.02 Å². The number of hydrogen-bond donors (Lipinski definition) is 0. The van der Waals surface area contributed by atoms with Gasteiger partial charge in [-0.3, -0.25) is 14.6 Å². The van der Waals surface area contributed by atoms with Crippen LogP contribution in [0.5, 0.6) is 0 Å². The van der Waals surface area contributed by atoms with Crippen molar-refractivity contribution in [2.45, 2.75) is 19.9 Å². The molecular weight excluding hydrogens is 284 g/mol. The molecule has 0 radical (unpaired) electrons. The third kappa shape index (κ3) is 2.54. The molecule has 5 heteroatoms. The maximum Gasteiger partial charge on any atom is 0.130 e. The average molecular weight is 299 g/mol. The van der Waals surface area contributed by atoms with Crippen LogP contribution in [0.25, 0.3) is 22.8 Å². The van der Waals surface area contributed by atoms with Crippen LogP contribution in [0, 0.1) is 0 Å². The van der Waals surface area contributed by atoms with Crippen LogP contribution in [0.4, 0.5) is 0 Å². The smallest absolute Gasteiger partial charge is 0.130 e. The third-order valence-electron chi connectivity index (χ3n) is 3.16. The normalized spacial score (nSPS) is 11.0. The molecule has 0 saturated heterocycles. The number of nitrogens with zero attached hydrogens (tertiary/aromatic N) is 4. The van der Waals surface area contributed by atoms with Gasteiger partial charge in [0.25, 0.3) is 0 Å². The third-order valence-corrected chi connectivity index (χ3v) is 3.51. The molecular formula is C16H15ClN4. The Morgan fingerprint density at radius 1 is 0.952 bits per heavy atom. The highest BCUT2D eigenvalue weighted by Gasteiger charge is 2.21. The molecule has 0 N–H and O–H groups in total. The molecule has 0 aliphatic heterocycles. The van der Waals surface area contributed by atoms with E-state index < -0.39 is 0 Å². The van der Waals surface area contributed by atoms with Crippen molar-refractivity contribution in [2.24, 2.45) is 0 Å². The second kappa shape index (κ2) is 5.66. The van der Waals surface area contributed by atoms with E-state index in [1.54, 1.807) is 12.4 Å². The van der Waals surface area contributed by atoms with Crippen molar-refractivity contribution < 1.29 is 0 Å². The fraction of sp³-hybridized carbons (Fsp3) is 0.188. The van der Waals surface area contributed by atoms with Gasteiger partial charge in [-0.25, -0.2) is 0 Å². The lowest BCUT2D eigenvalue weighted by molar-refractivity contribution is 0.539. The summed E-state index contributed by atoms with van der Waals surface area (Å²) >= 11 is 6.58. The Morgan fingerprint density at radius 2 is 1.57 bits per heavy atom. The number of halogens is 1. The minimum atomic E-state index is 0.178. The zero-order valence-electron chi connectivity index (χ0n) is 11.9. The summed E-state index contributed by atoms with van der Waals surface area (Å²) in [4.78, 5) is 8.73. The molecule has 3 rings (SSSR count). The van der Waals surface area contributed by atoms with Crippen LogP contribution < -0.4 is 0 Å². The molecule has 0 aromatic carbocycles. The molecule has 4 nitrogen and oxygen atoms in total. The summed E-state index contributed by atoms with van der Waals surface area (Å²) in [5.74, 6) is 0. The predicted octanol–water partition coefficient (Wildman–Crippen LogP) is 4.24. The van der Waals surface area contributed by atoms with E-state index in [0.717, 1.165) is 17.1 Å². The van der Waals surface area contributed by atoms with Gasteiger partial charge in [0.05, 0.1) is 16.4 Å². The number of pyridine rings is 2. The summed E-state index contributed by atoms with van der Waals surface area (Å²) in [5.41, 5.74) is 3.09. The Balaban J connectivity index is 2.22. The summed E-state index contributed by atoms with van der Waals surface area (Å²) in [5, 5.41) is 5.22. The Bertz CT molecular complexity index is 736. The van der Waals surface area contributed by atoms with Crippen molar-refractivity contribution >= 4 is 11.6 Å². The molecule has 0 spiro atoms. The first-order chi connectivity index (χ1) is 10.2. The maximum atomic E-state index is 6.58. The minimum Gasteiger partial charge on any atom is -0.259 e. The summed E-state index contributed by atoms with van der Waals surface area (Å²) in [6, 6.07) is 11.6. The standard InChI is InChI=1S/C16H15ClN4/c1-11(2)21-16(13-8-4-6-10-19-13)14(17)15(20-21)12-7-3-5-9-18-12/h3-11H,1-2H3. The Hall–Kier alpha value is -2.20. The molecule has 3 aromatic rings. The van der Waals surface area contributed by atoms with E-state index in [1.165, 1.54) is 0 Å². The van der Waals surface area contributed by atoms with Crippen molar-refractivity contribution in [1.82, 2.24) is 19.7 Å². The number of rotatable bonds is 3. The molecule has 0 bridgehead atoms. The van der Waals surface area contributed by atoms with Gasteiger partial charge >= 0.3 is 0 Å². The van der Waals surface area contributed by atoms with Gasteiger partial charge < -0.3 is 0 Å². The zero-order valence-corrected chi connectivity index (χ0v) is 12.6. The van der Waals surface area contributed by atoms with E-state index in [-0.39, 0.29) is 6.04 Å². The summed E-state index contributed by atoms with van der Waals surface area (Å²) in [6.07, 6.45) is 3.49. The molecule has 0 aliphatic carbocycles. The quantitative estimate of drug-likeness (QED) is 0.726. The molecule has 0 unspecified atom stereocenters. The summed E-state index contributed by atoms with van der Waals surface area (Å²) in [6.45, 7) is 4.13. The number of hydrogen-bond acceptors (Lipinski definition) is 3. The monoisotopic (exact) mass is 298 g/mol. The Morgan fingerprint density at radius 3 is 2.10 bits per heavy atom. The highest BCUT2D eigenvalue weighted by Crippen LogP contribution is 2.36. The molecule has 3 aromatic heterocycles. The molecule has 0 atom stereocenters. The summed E-state index contributed by atoms with van der Waals surface area (Å²) < 4.78 is 1.90. The molecule has 0 fully saturated rings. The van der Waals surface area contributed by atoms with Gasteiger partial charge in [-0.15, -0.1) is 0 Å². The van der Waals surface area contributed by atoms with Crippen LogP contribution in [0.15, 0.2) is 48.8 Å². The molecule has 0 aliphatic rings. The van der Waals surface area contributed by atoms with E-state index in [2.05, 4.69) is 28.9 Å². The predicted molar refractivity (Wildman–Crippen MR) is 84.1 cm³/mol. The first kappa shape index (κ1) is 13.8. The fourth-order valence-corrected chi connectivity index (χ4v) is 2.51. The Labute approximate surface area is 128 Å². The van der Waals surface area contributed by atoms with Crippen LogP contribution in [0.3, 0.4) is 0 Å². The molecule has 3 heterocycles. The van der Waals surface area contributed by atoms with Crippen LogP contribution >= 0.6 is 11.6 Å². The van der Waals surface area contributed by atoms with Crippen molar-refractivity contribution in [3.05, 3.63) is 53.8 Å². The van der Waals surface area contributed by atoms with Crippen molar-refractivity contribution in [2.75, 3.05) is 0 Å². The highest BCUT2D eigenvalue weighted by atomic mass is 35.5. The molecule has 106 valence electrons. The van der Waals surface area contributed by atoms with Gasteiger partial charge in [-0.1, -0.05) is 23.7 Å². The van der Waals surface area contributed by atoms with E-state index >= 15 is 0 Å². The van der Waals surface area contributed by atoms with E-state index in [9.17, 15) is 0 Å². The second-order valence-electron chi connectivity index (χ2n) is 4.98. The van der Waals surface area contributed by atoms with Crippen LogP contribution in [0.1, 0.15) is 19.9 Å². The molecule has 0 saturated carbocycles. The lowest BCUT2D eigenvalue weighted by Gasteiger charge is -2.10. The first-order valence-electron chi connectivity index (χ1n) is 6.79. The van der Waals surface area contributed by atoms with Gasteiger partial charge in [-0.05, 0) is 38.1 Å². The van der Waals surface area contributed by atoms with Gasteiger partial charge in [0, 0.05) is 18.4 Å².